The first-order chi connectivity index (χ1) is 11.2. The molecule has 1 aromatic carbocycles. The summed E-state index contributed by atoms with van der Waals surface area (Å²) >= 11 is 6.08. The maximum absolute atomic E-state index is 6.08. The highest BCUT2D eigenvalue weighted by Gasteiger charge is 2.01. The average molecular weight is 340 g/mol. The van der Waals surface area contributed by atoms with Crippen molar-refractivity contribution in [3.8, 4) is 5.75 Å². The highest BCUT2D eigenvalue weighted by atomic mass is 35.5. The molecule has 0 unspecified atom stereocenters. The molecule has 0 radical (unpaired) electrons. The van der Waals surface area contributed by atoms with E-state index >= 15 is 0 Å². The van der Waals surface area contributed by atoms with Gasteiger partial charge in [-0.3, -0.25) is 0 Å². The second-order valence-electron chi connectivity index (χ2n) is 6.43. The third-order valence-electron chi connectivity index (χ3n) is 4.21. The van der Waals surface area contributed by atoms with Crippen LogP contribution in [0.2, 0.25) is 5.02 Å². The van der Waals surface area contributed by atoms with E-state index in [0.717, 1.165) is 18.8 Å². The van der Waals surface area contributed by atoms with Gasteiger partial charge in [0.1, 0.15) is 5.75 Å². The van der Waals surface area contributed by atoms with Gasteiger partial charge in [0, 0.05) is 5.69 Å². The lowest BCUT2D eigenvalue weighted by atomic mass is 10.1. The van der Waals surface area contributed by atoms with Crippen molar-refractivity contribution in [2.75, 3.05) is 12.3 Å². The van der Waals surface area contributed by atoms with Gasteiger partial charge in [0.2, 0.25) is 0 Å². The van der Waals surface area contributed by atoms with Crippen molar-refractivity contribution in [2.45, 2.75) is 84.0 Å². The minimum Gasteiger partial charge on any atom is -0.492 e. The molecule has 0 fully saturated rings. The van der Waals surface area contributed by atoms with Crippen LogP contribution in [0.3, 0.4) is 0 Å². The third kappa shape index (κ3) is 10.5. The van der Waals surface area contributed by atoms with Crippen molar-refractivity contribution in [3.63, 3.8) is 0 Å². The Morgan fingerprint density at radius 2 is 1.35 bits per heavy atom. The third-order valence-corrected chi connectivity index (χ3v) is 4.51. The number of nitrogens with two attached hydrogens (primary N) is 1. The minimum absolute atomic E-state index is 0.601. The molecule has 0 aliphatic heterocycles. The van der Waals surface area contributed by atoms with E-state index in [4.69, 9.17) is 22.1 Å². The summed E-state index contributed by atoms with van der Waals surface area (Å²) in [6.45, 7) is 3.01. The van der Waals surface area contributed by atoms with Crippen molar-refractivity contribution in [2.24, 2.45) is 0 Å². The Balaban J connectivity index is 1.86. The number of nitrogen functional groups attached to an aromatic ring is 1. The number of ether oxygens (including phenoxy) is 1. The summed E-state index contributed by atoms with van der Waals surface area (Å²) in [6.07, 6.45) is 16.2. The van der Waals surface area contributed by atoms with Crippen LogP contribution in [-0.4, -0.2) is 6.61 Å². The van der Waals surface area contributed by atoms with Crippen LogP contribution < -0.4 is 10.5 Å². The highest BCUT2D eigenvalue weighted by Crippen LogP contribution is 2.26. The van der Waals surface area contributed by atoms with E-state index in [1.165, 1.54) is 70.6 Å². The monoisotopic (exact) mass is 339 g/mol. The van der Waals surface area contributed by atoms with Gasteiger partial charge in [-0.25, -0.2) is 0 Å². The molecule has 2 N–H and O–H groups in total. The van der Waals surface area contributed by atoms with E-state index in [1.54, 1.807) is 6.07 Å². The molecular formula is C20H34ClNO. The molecule has 3 heteroatoms. The fourth-order valence-corrected chi connectivity index (χ4v) is 3.00. The van der Waals surface area contributed by atoms with Crippen LogP contribution in [0.25, 0.3) is 0 Å². The first-order valence-corrected chi connectivity index (χ1v) is 9.79. The van der Waals surface area contributed by atoms with Gasteiger partial charge in [-0.2, -0.15) is 0 Å². The lowest BCUT2D eigenvalue weighted by Crippen LogP contribution is -1.98. The molecule has 0 aliphatic rings. The van der Waals surface area contributed by atoms with E-state index in [0.29, 0.717) is 10.7 Å². The molecular weight excluding hydrogens is 306 g/mol. The van der Waals surface area contributed by atoms with E-state index in [-0.39, 0.29) is 0 Å². The smallest absolute Gasteiger partial charge is 0.138 e. The number of hydrogen-bond acceptors (Lipinski definition) is 2. The minimum atomic E-state index is 0.601. The van der Waals surface area contributed by atoms with Crippen molar-refractivity contribution in [1.82, 2.24) is 0 Å². The lowest BCUT2D eigenvalue weighted by Gasteiger charge is -2.08. The molecule has 1 rings (SSSR count). The number of unbranched alkanes of at least 4 members (excludes halogenated alkanes) is 11. The zero-order valence-corrected chi connectivity index (χ0v) is 15.5. The maximum Gasteiger partial charge on any atom is 0.138 e. The number of hydrogen-bond donors (Lipinski definition) is 1. The Morgan fingerprint density at radius 3 is 1.87 bits per heavy atom. The fraction of sp³-hybridized carbons (Fsp3) is 0.700. The molecule has 0 aliphatic carbocycles. The zero-order valence-electron chi connectivity index (χ0n) is 14.8. The molecule has 0 aromatic heterocycles. The van der Waals surface area contributed by atoms with Crippen molar-refractivity contribution >= 4 is 17.3 Å². The Hall–Kier alpha value is -0.890. The van der Waals surface area contributed by atoms with Crippen LogP contribution >= 0.6 is 11.6 Å². The van der Waals surface area contributed by atoms with Crippen LogP contribution in [0.1, 0.15) is 84.0 Å². The molecule has 0 amide bonds. The molecule has 23 heavy (non-hydrogen) atoms. The summed E-state index contributed by atoms with van der Waals surface area (Å²) in [4.78, 5) is 0. The van der Waals surface area contributed by atoms with Crippen molar-refractivity contribution < 1.29 is 4.74 Å². The number of rotatable bonds is 14. The predicted octanol–water partition coefficient (Wildman–Crippen LogP) is 7.00. The van der Waals surface area contributed by atoms with Gasteiger partial charge in [-0.15, -0.1) is 0 Å². The lowest BCUT2D eigenvalue weighted by molar-refractivity contribution is 0.304. The molecule has 0 heterocycles. The normalized spacial score (nSPS) is 10.9. The summed E-state index contributed by atoms with van der Waals surface area (Å²) in [5.41, 5.74) is 6.34. The largest absolute Gasteiger partial charge is 0.492 e. The number of benzene rings is 1. The fourth-order valence-electron chi connectivity index (χ4n) is 2.76. The molecule has 0 atom stereocenters. The highest BCUT2D eigenvalue weighted by molar-refractivity contribution is 6.32. The molecule has 0 bridgehead atoms. The van der Waals surface area contributed by atoms with Gasteiger partial charge in [0.05, 0.1) is 11.6 Å². The summed E-state index contributed by atoms with van der Waals surface area (Å²) in [7, 11) is 0. The van der Waals surface area contributed by atoms with Crippen LogP contribution in [0.15, 0.2) is 18.2 Å². The molecule has 0 saturated heterocycles. The number of anilines is 1. The first kappa shape index (κ1) is 20.2. The van der Waals surface area contributed by atoms with Crippen molar-refractivity contribution in [1.29, 1.82) is 0 Å². The van der Waals surface area contributed by atoms with E-state index in [1.807, 2.05) is 12.1 Å². The van der Waals surface area contributed by atoms with Crippen LogP contribution in [0.5, 0.6) is 5.75 Å². The van der Waals surface area contributed by atoms with Crippen molar-refractivity contribution in [3.05, 3.63) is 23.2 Å². The second-order valence-corrected chi connectivity index (χ2v) is 6.83. The second kappa shape index (κ2) is 13.5. The topological polar surface area (TPSA) is 35.2 Å². The van der Waals surface area contributed by atoms with E-state index in [2.05, 4.69) is 6.92 Å². The molecule has 132 valence electrons. The maximum atomic E-state index is 6.08. The summed E-state index contributed by atoms with van der Waals surface area (Å²) < 4.78 is 5.70. The Bertz CT molecular complexity index is 409. The summed E-state index contributed by atoms with van der Waals surface area (Å²) in [5, 5.41) is 0.601. The molecule has 0 spiro atoms. The number of halogens is 1. The summed E-state index contributed by atoms with van der Waals surface area (Å²) in [5.74, 6) is 0.740. The van der Waals surface area contributed by atoms with E-state index in [9.17, 15) is 0 Å². The first-order valence-electron chi connectivity index (χ1n) is 9.42. The van der Waals surface area contributed by atoms with Gasteiger partial charge < -0.3 is 10.5 Å². The van der Waals surface area contributed by atoms with Gasteiger partial charge >= 0.3 is 0 Å². The van der Waals surface area contributed by atoms with Crippen LogP contribution in [0.4, 0.5) is 5.69 Å². The Morgan fingerprint density at radius 1 is 0.826 bits per heavy atom. The van der Waals surface area contributed by atoms with Crippen LogP contribution in [-0.2, 0) is 0 Å². The van der Waals surface area contributed by atoms with Crippen LogP contribution in [0, 0.1) is 0 Å². The average Bonchev–Trinajstić information content (AvgIpc) is 2.53. The summed E-state index contributed by atoms with van der Waals surface area (Å²) in [6, 6.07) is 5.40. The quantitative estimate of drug-likeness (QED) is 0.292. The SMILES string of the molecule is CCCCCCCCCCCCCCOc1ccc(N)cc1Cl. The van der Waals surface area contributed by atoms with Gasteiger partial charge in [-0.05, 0) is 24.6 Å². The molecule has 1 aromatic rings. The molecule has 2 nitrogen and oxygen atoms in total. The van der Waals surface area contributed by atoms with Gasteiger partial charge in [0.15, 0.2) is 0 Å². The predicted molar refractivity (Wildman–Crippen MR) is 102 cm³/mol. The Labute approximate surface area is 147 Å². The van der Waals surface area contributed by atoms with E-state index < -0.39 is 0 Å². The standard InChI is InChI=1S/C20H34ClNO/c1-2-3-4-5-6-7-8-9-10-11-12-13-16-23-20-15-14-18(22)17-19(20)21/h14-15,17H,2-13,16,22H2,1H3. The van der Waals surface area contributed by atoms with Gasteiger partial charge in [-0.1, -0.05) is 89.2 Å². The Kier molecular flexibility index (Phi) is 11.9. The molecule has 0 saturated carbocycles. The van der Waals surface area contributed by atoms with Gasteiger partial charge in [0.25, 0.3) is 0 Å². The zero-order chi connectivity index (χ0) is 16.8.